The molecule has 6 heteroatoms. The van der Waals surface area contributed by atoms with Crippen LogP contribution in [0.3, 0.4) is 0 Å². The van der Waals surface area contributed by atoms with E-state index in [0.29, 0.717) is 11.3 Å². The quantitative estimate of drug-likeness (QED) is 0.688. The van der Waals surface area contributed by atoms with Crippen LogP contribution in [-0.4, -0.2) is 21.1 Å². The minimum atomic E-state index is 0.566. The van der Waals surface area contributed by atoms with Crippen molar-refractivity contribution in [2.24, 2.45) is 0 Å². The molecule has 0 saturated carbocycles. The molecular formula is C13H8BrN3OS. The fourth-order valence-corrected chi connectivity index (χ4v) is 3.23. The molecule has 0 bridgehead atoms. The Bertz CT molecular complexity index is 721. The number of nitrogens with zero attached hydrogens (tertiary/aromatic N) is 3. The van der Waals surface area contributed by atoms with Crippen molar-refractivity contribution in [3.63, 3.8) is 0 Å². The maximum atomic E-state index is 11.2. The molecule has 4 nitrogen and oxygen atoms in total. The van der Waals surface area contributed by atoms with Crippen molar-refractivity contribution in [2.75, 3.05) is 0 Å². The van der Waals surface area contributed by atoms with Gasteiger partial charge in [-0.1, -0.05) is 0 Å². The highest BCUT2D eigenvalue weighted by Gasteiger charge is 2.14. The normalized spacial score (nSPS) is 10.6. The summed E-state index contributed by atoms with van der Waals surface area (Å²) < 4.78 is 2.63. The molecule has 3 aromatic heterocycles. The predicted molar refractivity (Wildman–Crippen MR) is 77.8 cm³/mol. The van der Waals surface area contributed by atoms with E-state index in [4.69, 9.17) is 0 Å². The number of carbonyl (C=O) groups is 1. The number of rotatable bonds is 3. The number of halogens is 1. The second-order valence-corrected chi connectivity index (χ2v) is 5.43. The Morgan fingerprint density at radius 2 is 2.05 bits per heavy atom. The van der Waals surface area contributed by atoms with Crippen LogP contribution < -0.4 is 0 Å². The molecule has 3 aromatic rings. The highest BCUT2D eigenvalue weighted by atomic mass is 79.9. The van der Waals surface area contributed by atoms with Gasteiger partial charge in [0.2, 0.25) is 0 Å². The summed E-state index contributed by atoms with van der Waals surface area (Å²) in [5.74, 6) is 0. The van der Waals surface area contributed by atoms with Crippen LogP contribution >= 0.6 is 27.3 Å². The van der Waals surface area contributed by atoms with E-state index in [1.54, 1.807) is 34.6 Å². The van der Waals surface area contributed by atoms with Crippen LogP contribution in [0.4, 0.5) is 0 Å². The standard InChI is InChI=1S/C13H8BrN3OS/c14-12-8-19-7-11(12)13-9(6-18)5-17(16-13)10-1-3-15-4-2-10/h1-8H. The second-order valence-electron chi connectivity index (χ2n) is 3.83. The number of hydrogen-bond acceptors (Lipinski definition) is 4. The summed E-state index contributed by atoms with van der Waals surface area (Å²) in [5, 5.41) is 8.43. The molecule has 0 spiro atoms. The summed E-state index contributed by atoms with van der Waals surface area (Å²) >= 11 is 5.03. The third-order valence-corrected chi connectivity index (χ3v) is 4.37. The molecule has 94 valence electrons. The molecule has 0 N–H and O–H groups in total. The zero-order valence-corrected chi connectivity index (χ0v) is 12.1. The lowest BCUT2D eigenvalue weighted by Gasteiger charge is -1.99. The maximum absolute atomic E-state index is 11.2. The number of pyridine rings is 1. The Labute approximate surface area is 121 Å². The fraction of sp³-hybridized carbons (Fsp3) is 0. The average Bonchev–Trinajstić information content (AvgIpc) is 3.05. The molecule has 0 amide bonds. The summed E-state index contributed by atoms with van der Waals surface area (Å²) in [6, 6.07) is 3.68. The lowest BCUT2D eigenvalue weighted by molar-refractivity contribution is 0.112. The van der Waals surface area contributed by atoms with E-state index in [0.717, 1.165) is 22.0 Å². The van der Waals surface area contributed by atoms with Gasteiger partial charge in [-0.05, 0) is 28.1 Å². The SMILES string of the molecule is O=Cc1cn(-c2ccncc2)nc1-c1cscc1Br. The average molecular weight is 334 g/mol. The first-order valence-electron chi connectivity index (χ1n) is 5.47. The molecule has 0 aliphatic carbocycles. The lowest BCUT2D eigenvalue weighted by Crippen LogP contribution is -1.94. The number of aromatic nitrogens is 3. The number of aldehydes is 1. The van der Waals surface area contributed by atoms with Gasteiger partial charge in [-0.25, -0.2) is 4.68 Å². The molecule has 0 aliphatic heterocycles. The van der Waals surface area contributed by atoms with Crippen molar-refractivity contribution in [1.82, 2.24) is 14.8 Å². The van der Waals surface area contributed by atoms with Crippen LogP contribution in [0, 0.1) is 0 Å². The maximum Gasteiger partial charge on any atom is 0.153 e. The molecular weight excluding hydrogens is 326 g/mol. The van der Waals surface area contributed by atoms with E-state index in [1.807, 2.05) is 22.9 Å². The van der Waals surface area contributed by atoms with Crippen LogP contribution in [0.25, 0.3) is 16.9 Å². The number of carbonyl (C=O) groups excluding carboxylic acids is 1. The van der Waals surface area contributed by atoms with Crippen molar-refractivity contribution < 1.29 is 4.79 Å². The first kappa shape index (κ1) is 12.3. The third-order valence-electron chi connectivity index (χ3n) is 2.67. The minimum Gasteiger partial charge on any atom is -0.298 e. The van der Waals surface area contributed by atoms with Crippen LogP contribution in [0.5, 0.6) is 0 Å². The largest absolute Gasteiger partial charge is 0.298 e. The van der Waals surface area contributed by atoms with E-state index >= 15 is 0 Å². The first-order chi connectivity index (χ1) is 9.29. The Hall–Kier alpha value is -1.79. The van der Waals surface area contributed by atoms with Crippen LogP contribution in [-0.2, 0) is 0 Å². The molecule has 0 aromatic carbocycles. The fourth-order valence-electron chi connectivity index (χ4n) is 1.76. The monoisotopic (exact) mass is 333 g/mol. The zero-order valence-electron chi connectivity index (χ0n) is 9.65. The summed E-state index contributed by atoms with van der Waals surface area (Å²) in [5.41, 5.74) is 3.05. The summed E-state index contributed by atoms with van der Waals surface area (Å²) in [7, 11) is 0. The Balaban J connectivity index is 2.15. The number of thiophene rings is 1. The van der Waals surface area contributed by atoms with E-state index < -0.39 is 0 Å². The zero-order chi connectivity index (χ0) is 13.2. The van der Waals surface area contributed by atoms with Crippen molar-refractivity contribution >= 4 is 33.6 Å². The van der Waals surface area contributed by atoms with Crippen molar-refractivity contribution in [3.05, 3.63) is 51.5 Å². The van der Waals surface area contributed by atoms with E-state index in [-0.39, 0.29) is 0 Å². The van der Waals surface area contributed by atoms with Gasteiger partial charge in [0, 0.05) is 39.4 Å². The smallest absolute Gasteiger partial charge is 0.153 e. The molecule has 3 heterocycles. The van der Waals surface area contributed by atoms with Crippen LogP contribution in [0.1, 0.15) is 10.4 Å². The minimum absolute atomic E-state index is 0.566. The second kappa shape index (κ2) is 5.07. The topological polar surface area (TPSA) is 47.8 Å². The first-order valence-corrected chi connectivity index (χ1v) is 7.20. The molecule has 0 fully saturated rings. The summed E-state index contributed by atoms with van der Waals surface area (Å²) in [6.45, 7) is 0. The van der Waals surface area contributed by atoms with Gasteiger partial charge in [0.15, 0.2) is 6.29 Å². The predicted octanol–water partition coefficient (Wildman–Crippen LogP) is 3.57. The van der Waals surface area contributed by atoms with Gasteiger partial charge in [0.05, 0.1) is 11.3 Å². The highest BCUT2D eigenvalue weighted by molar-refractivity contribution is 9.10. The van der Waals surface area contributed by atoms with Crippen molar-refractivity contribution in [2.45, 2.75) is 0 Å². The van der Waals surface area contributed by atoms with Crippen LogP contribution in [0.2, 0.25) is 0 Å². The molecule has 0 unspecified atom stereocenters. The van der Waals surface area contributed by atoms with E-state index in [1.165, 1.54) is 0 Å². The van der Waals surface area contributed by atoms with E-state index in [9.17, 15) is 4.79 Å². The molecule has 0 saturated heterocycles. The third kappa shape index (κ3) is 2.24. The van der Waals surface area contributed by atoms with Crippen molar-refractivity contribution in [3.8, 4) is 16.9 Å². The van der Waals surface area contributed by atoms with Gasteiger partial charge in [-0.2, -0.15) is 16.4 Å². The Morgan fingerprint density at radius 1 is 1.26 bits per heavy atom. The van der Waals surface area contributed by atoms with Gasteiger partial charge in [-0.3, -0.25) is 9.78 Å². The molecule has 0 aliphatic rings. The van der Waals surface area contributed by atoms with Crippen molar-refractivity contribution in [1.29, 1.82) is 0 Å². The molecule has 0 radical (unpaired) electrons. The van der Waals surface area contributed by atoms with Gasteiger partial charge in [0.1, 0.15) is 5.69 Å². The van der Waals surface area contributed by atoms with Gasteiger partial charge in [-0.15, -0.1) is 0 Å². The van der Waals surface area contributed by atoms with E-state index in [2.05, 4.69) is 26.0 Å². The van der Waals surface area contributed by atoms with Gasteiger partial charge < -0.3 is 0 Å². The Morgan fingerprint density at radius 3 is 2.68 bits per heavy atom. The summed E-state index contributed by atoms with van der Waals surface area (Å²) in [6.07, 6.45) is 5.93. The van der Waals surface area contributed by atoms with Crippen LogP contribution in [0.15, 0.2) is 46.0 Å². The van der Waals surface area contributed by atoms with Gasteiger partial charge in [0.25, 0.3) is 0 Å². The molecule has 3 rings (SSSR count). The lowest BCUT2D eigenvalue weighted by atomic mass is 10.2. The highest BCUT2D eigenvalue weighted by Crippen LogP contribution is 2.32. The summed E-state index contributed by atoms with van der Waals surface area (Å²) in [4.78, 5) is 15.2. The number of hydrogen-bond donors (Lipinski definition) is 0. The molecule has 19 heavy (non-hydrogen) atoms. The Kier molecular flexibility index (Phi) is 3.27. The molecule has 0 atom stereocenters. The van der Waals surface area contributed by atoms with Gasteiger partial charge >= 0.3 is 0 Å².